The Balaban J connectivity index is 2.12. The molecule has 2 fully saturated rings. The quantitative estimate of drug-likeness (QED) is 0.779. The Kier molecular flexibility index (Phi) is 4.75. The van der Waals surface area contributed by atoms with Crippen molar-refractivity contribution in [1.29, 1.82) is 0 Å². The smallest absolute Gasteiger partial charge is 0.239 e. The van der Waals surface area contributed by atoms with Gasteiger partial charge in [0.1, 0.15) is 5.54 Å². The predicted molar refractivity (Wildman–Crippen MR) is 82.4 cm³/mol. The summed E-state index contributed by atoms with van der Waals surface area (Å²) < 4.78 is 0. The normalized spacial score (nSPS) is 31.2. The van der Waals surface area contributed by atoms with Gasteiger partial charge < -0.3 is 5.73 Å². The zero-order chi connectivity index (χ0) is 14.9. The van der Waals surface area contributed by atoms with Crippen molar-refractivity contribution < 1.29 is 4.79 Å². The maximum absolute atomic E-state index is 12.2. The van der Waals surface area contributed by atoms with Crippen molar-refractivity contribution >= 4 is 5.91 Å². The highest BCUT2D eigenvalue weighted by Gasteiger charge is 2.51. The third-order valence-electron chi connectivity index (χ3n) is 4.99. The second-order valence-corrected chi connectivity index (χ2v) is 7.36. The first-order valence-electron chi connectivity index (χ1n) is 8.16. The van der Waals surface area contributed by atoms with Gasteiger partial charge in [0.05, 0.1) is 0 Å². The lowest BCUT2D eigenvalue weighted by Gasteiger charge is -2.44. The molecule has 1 aliphatic carbocycles. The number of rotatable bonds is 6. The zero-order valence-electron chi connectivity index (χ0n) is 13.5. The first-order valence-corrected chi connectivity index (χ1v) is 8.16. The van der Waals surface area contributed by atoms with Crippen LogP contribution in [0, 0.1) is 11.8 Å². The lowest BCUT2D eigenvalue weighted by atomic mass is 9.87. The number of nitrogens with two attached hydrogens (primary N) is 1. The molecule has 20 heavy (non-hydrogen) atoms. The van der Waals surface area contributed by atoms with Crippen LogP contribution in [0.15, 0.2) is 0 Å². The number of carbonyl (C=O) groups excluding carboxylic acids is 1. The second kappa shape index (κ2) is 6.02. The zero-order valence-corrected chi connectivity index (χ0v) is 13.5. The average molecular weight is 281 g/mol. The van der Waals surface area contributed by atoms with Gasteiger partial charge in [0.15, 0.2) is 0 Å². The van der Waals surface area contributed by atoms with Crippen LogP contribution in [0.1, 0.15) is 53.4 Å². The summed E-state index contributed by atoms with van der Waals surface area (Å²) in [6.45, 7) is 10.7. The van der Waals surface area contributed by atoms with Gasteiger partial charge in [-0.1, -0.05) is 6.92 Å². The number of amides is 1. The van der Waals surface area contributed by atoms with Crippen LogP contribution in [0.3, 0.4) is 0 Å². The number of hydrogen-bond donors (Lipinski definition) is 2. The molecule has 1 heterocycles. The molecule has 3 unspecified atom stereocenters. The minimum absolute atomic E-state index is 0.167. The number of piperidine rings is 1. The highest BCUT2D eigenvalue weighted by molar-refractivity contribution is 5.86. The highest BCUT2D eigenvalue weighted by atomic mass is 16.1. The molecule has 0 spiro atoms. The Hall–Kier alpha value is -0.610. The van der Waals surface area contributed by atoms with Gasteiger partial charge in [-0.15, -0.1) is 0 Å². The first kappa shape index (κ1) is 15.8. The molecule has 3 N–H and O–H groups in total. The molecule has 4 nitrogen and oxygen atoms in total. The molecule has 0 aromatic carbocycles. The number of hydrogen-bond acceptors (Lipinski definition) is 3. The molecule has 2 aliphatic rings. The van der Waals surface area contributed by atoms with Gasteiger partial charge in [-0.25, -0.2) is 0 Å². The molecule has 1 amide bonds. The maximum atomic E-state index is 12.2. The minimum atomic E-state index is -0.525. The Morgan fingerprint density at radius 2 is 2.00 bits per heavy atom. The molecule has 3 atom stereocenters. The molecule has 1 saturated carbocycles. The van der Waals surface area contributed by atoms with Crippen LogP contribution < -0.4 is 11.1 Å². The van der Waals surface area contributed by atoms with Crippen molar-refractivity contribution in [2.24, 2.45) is 17.6 Å². The fourth-order valence-electron chi connectivity index (χ4n) is 3.75. The van der Waals surface area contributed by atoms with Gasteiger partial charge in [0.2, 0.25) is 5.91 Å². The third-order valence-corrected chi connectivity index (χ3v) is 4.99. The van der Waals surface area contributed by atoms with Crippen molar-refractivity contribution in [3.8, 4) is 0 Å². The Labute approximate surface area is 123 Å². The Morgan fingerprint density at radius 3 is 2.45 bits per heavy atom. The van der Waals surface area contributed by atoms with E-state index in [1.54, 1.807) is 0 Å². The van der Waals surface area contributed by atoms with Crippen molar-refractivity contribution in [2.75, 3.05) is 13.1 Å². The monoisotopic (exact) mass is 281 g/mol. The van der Waals surface area contributed by atoms with Crippen molar-refractivity contribution in [3.63, 3.8) is 0 Å². The summed E-state index contributed by atoms with van der Waals surface area (Å²) in [4.78, 5) is 14.7. The maximum Gasteiger partial charge on any atom is 0.239 e. The highest BCUT2D eigenvalue weighted by Crippen LogP contribution is 2.41. The van der Waals surface area contributed by atoms with Crippen molar-refractivity contribution in [2.45, 2.75) is 71.0 Å². The van der Waals surface area contributed by atoms with Gasteiger partial charge in [-0.2, -0.15) is 0 Å². The summed E-state index contributed by atoms with van der Waals surface area (Å²) in [5, 5.41) is 3.52. The summed E-state index contributed by atoms with van der Waals surface area (Å²) in [5.74, 6) is 1.05. The predicted octanol–water partition coefficient (Wildman–Crippen LogP) is 1.74. The lowest BCUT2D eigenvalue weighted by molar-refractivity contribution is -0.127. The average Bonchev–Trinajstić information content (AvgIpc) is 3.14. The fraction of sp³-hybridized carbons (Fsp3) is 0.938. The molecule has 1 aliphatic heterocycles. The largest absolute Gasteiger partial charge is 0.368 e. The van der Waals surface area contributed by atoms with E-state index in [1.165, 1.54) is 12.8 Å². The number of carbonyl (C=O) groups is 1. The van der Waals surface area contributed by atoms with Gasteiger partial charge in [-0.05, 0) is 64.8 Å². The Morgan fingerprint density at radius 1 is 1.35 bits per heavy atom. The molecular formula is C16H31N3O. The molecule has 0 aromatic rings. The number of likely N-dealkylation sites (tertiary alicyclic amines) is 1. The van der Waals surface area contributed by atoms with Gasteiger partial charge in [0, 0.05) is 18.6 Å². The summed E-state index contributed by atoms with van der Waals surface area (Å²) >= 11 is 0. The van der Waals surface area contributed by atoms with Crippen molar-refractivity contribution in [3.05, 3.63) is 0 Å². The summed E-state index contributed by atoms with van der Waals surface area (Å²) in [5.41, 5.74) is 5.30. The van der Waals surface area contributed by atoms with E-state index in [1.807, 2.05) is 0 Å². The van der Waals surface area contributed by atoms with E-state index in [-0.39, 0.29) is 11.9 Å². The van der Waals surface area contributed by atoms with E-state index in [0.717, 1.165) is 31.8 Å². The molecule has 0 bridgehead atoms. The molecule has 1 saturated heterocycles. The third kappa shape index (κ3) is 3.34. The molecule has 0 radical (unpaired) electrons. The fourth-order valence-corrected chi connectivity index (χ4v) is 3.75. The topological polar surface area (TPSA) is 58.4 Å². The molecule has 2 rings (SSSR count). The van der Waals surface area contributed by atoms with E-state index in [0.29, 0.717) is 12.0 Å². The van der Waals surface area contributed by atoms with E-state index < -0.39 is 5.54 Å². The van der Waals surface area contributed by atoms with Crippen LogP contribution in [0.2, 0.25) is 0 Å². The Bertz CT molecular complexity index is 354. The van der Waals surface area contributed by atoms with Gasteiger partial charge in [-0.3, -0.25) is 15.0 Å². The van der Waals surface area contributed by atoms with Crippen LogP contribution in [0.5, 0.6) is 0 Å². The number of primary amides is 1. The summed E-state index contributed by atoms with van der Waals surface area (Å²) in [6, 6.07) is 0.826. The lowest BCUT2D eigenvalue weighted by Crippen LogP contribution is -2.66. The number of nitrogens with one attached hydrogen (secondary N) is 1. The SMILES string of the molecule is CC1CCN(CC(NC(C)C)(C(N)=O)C2CC2)C(C)C1. The minimum Gasteiger partial charge on any atom is -0.368 e. The molecular weight excluding hydrogens is 250 g/mol. The van der Waals surface area contributed by atoms with Gasteiger partial charge >= 0.3 is 0 Å². The van der Waals surface area contributed by atoms with E-state index in [9.17, 15) is 4.79 Å². The van der Waals surface area contributed by atoms with Gasteiger partial charge in [0.25, 0.3) is 0 Å². The number of nitrogens with zero attached hydrogens (tertiary/aromatic N) is 1. The van der Waals surface area contributed by atoms with Crippen LogP contribution in [0.25, 0.3) is 0 Å². The summed E-state index contributed by atoms with van der Waals surface area (Å²) in [7, 11) is 0. The first-order chi connectivity index (χ1) is 9.35. The van der Waals surface area contributed by atoms with Crippen molar-refractivity contribution in [1.82, 2.24) is 10.2 Å². The molecule has 0 aromatic heterocycles. The molecule has 116 valence electrons. The summed E-state index contributed by atoms with van der Waals surface area (Å²) in [6.07, 6.45) is 4.70. The van der Waals surface area contributed by atoms with Crippen LogP contribution in [-0.2, 0) is 4.79 Å². The van der Waals surface area contributed by atoms with Crippen LogP contribution >= 0.6 is 0 Å². The molecule has 4 heteroatoms. The second-order valence-electron chi connectivity index (χ2n) is 7.36. The van der Waals surface area contributed by atoms with E-state index in [4.69, 9.17) is 5.73 Å². The standard InChI is InChI=1S/C16H31N3O/c1-11(2)18-16(15(17)20,14-5-6-14)10-19-8-7-12(3)9-13(19)4/h11-14,18H,5-10H2,1-4H3,(H2,17,20). The van der Waals surface area contributed by atoms with Crippen LogP contribution in [-0.4, -0.2) is 41.5 Å². The van der Waals surface area contributed by atoms with E-state index >= 15 is 0 Å². The van der Waals surface area contributed by atoms with E-state index in [2.05, 4.69) is 37.9 Å². The van der Waals surface area contributed by atoms with Crippen LogP contribution in [0.4, 0.5) is 0 Å².